The van der Waals surface area contributed by atoms with E-state index >= 15 is 0 Å². The van der Waals surface area contributed by atoms with Crippen molar-refractivity contribution in [2.45, 2.75) is 26.8 Å². The third kappa shape index (κ3) is 0.937. The molecule has 0 fully saturated rings. The van der Waals surface area contributed by atoms with E-state index in [-0.39, 0.29) is 0 Å². The van der Waals surface area contributed by atoms with Gasteiger partial charge in [0.1, 0.15) is 0 Å². The molecule has 0 aromatic carbocycles. The van der Waals surface area contributed by atoms with E-state index < -0.39 is 0 Å². The first-order valence-corrected chi connectivity index (χ1v) is 4.18. The van der Waals surface area contributed by atoms with Gasteiger partial charge < -0.3 is 4.57 Å². The van der Waals surface area contributed by atoms with Crippen LogP contribution >= 0.6 is 0 Å². The van der Waals surface area contributed by atoms with E-state index in [0.717, 1.165) is 18.7 Å². The van der Waals surface area contributed by atoms with Crippen LogP contribution in [-0.2, 0) is 13.0 Å². The average Bonchev–Trinajstić information content (AvgIpc) is 2.42. The quantitative estimate of drug-likeness (QED) is 0.516. The molecule has 0 spiro atoms. The summed E-state index contributed by atoms with van der Waals surface area (Å²) < 4.78 is 2.20. The molecule has 1 aromatic heterocycles. The summed E-state index contributed by atoms with van der Waals surface area (Å²) in [6, 6.07) is 1.91. The fraction of sp³-hybridized carbons (Fsp3) is 0.500. The van der Waals surface area contributed by atoms with Crippen LogP contribution in [-0.4, -0.2) is 4.57 Å². The summed E-state index contributed by atoms with van der Waals surface area (Å²) in [7, 11) is 0. The lowest BCUT2D eigenvalue weighted by Crippen LogP contribution is -2.11. The Balaban J connectivity index is 2.45. The molecular weight excluding hydrogens is 148 g/mol. The zero-order valence-corrected chi connectivity index (χ0v) is 7.46. The number of hydrogen-bond acceptors (Lipinski definition) is 0. The van der Waals surface area contributed by atoms with Gasteiger partial charge in [-0.25, -0.2) is 4.85 Å². The van der Waals surface area contributed by atoms with E-state index in [1.807, 2.05) is 12.3 Å². The Bertz CT molecular complexity index is 352. The Labute approximate surface area is 72.6 Å². The van der Waals surface area contributed by atoms with Crippen LogP contribution in [0.5, 0.6) is 0 Å². The van der Waals surface area contributed by atoms with Gasteiger partial charge in [-0.3, -0.25) is 0 Å². The maximum atomic E-state index is 6.97. The van der Waals surface area contributed by atoms with Crippen molar-refractivity contribution in [2.24, 2.45) is 5.41 Å². The zero-order valence-electron chi connectivity index (χ0n) is 7.46. The summed E-state index contributed by atoms with van der Waals surface area (Å²) in [5.74, 6) is 0. The summed E-state index contributed by atoms with van der Waals surface area (Å²) in [6.45, 7) is 12.5. The molecule has 0 atom stereocenters. The average molecular weight is 160 g/mol. The van der Waals surface area contributed by atoms with Gasteiger partial charge in [0, 0.05) is 12.2 Å². The van der Waals surface area contributed by atoms with Crippen molar-refractivity contribution in [3.8, 4) is 0 Å². The maximum Gasteiger partial charge on any atom is 0.207 e. The van der Waals surface area contributed by atoms with Gasteiger partial charge in [-0.2, -0.15) is 0 Å². The molecule has 0 N–H and O–H groups in total. The van der Waals surface area contributed by atoms with Gasteiger partial charge in [0.2, 0.25) is 5.69 Å². The largest absolute Gasteiger partial charge is 0.362 e. The van der Waals surface area contributed by atoms with Crippen molar-refractivity contribution < 1.29 is 0 Å². The zero-order chi connectivity index (χ0) is 8.77. The van der Waals surface area contributed by atoms with E-state index in [1.54, 1.807) is 0 Å². The Morgan fingerprint density at radius 1 is 1.58 bits per heavy atom. The van der Waals surface area contributed by atoms with Gasteiger partial charge in [-0.1, -0.05) is 13.8 Å². The second kappa shape index (κ2) is 2.13. The van der Waals surface area contributed by atoms with Gasteiger partial charge in [0.15, 0.2) is 0 Å². The molecule has 2 nitrogen and oxygen atoms in total. The molecule has 0 amide bonds. The Hall–Kier alpha value is -1.23. The van der Waals surface area contributed by atoms with Crippen LogP contribution in [0.15, 0.2) is 12.3 Å². The van der Waals surface area contributed by atoms with Crippen LogP contribution < -0.4 is 0 Å². The normalized spacial score (nSPS) is 18.8. The van der Waals surface area contributed by atoms with Crippen molar-refractivity contribution in [1.29, 1.82) is 0 Å². The van der Waals surface area contributed by atoms with Gasteiger partial charge in [-0.15, -0.1) is 0 Å². The van der Waals surface area contributed by atoms with Gasteiger partial charge in [0.25, 0.3) is 0 Å². The molecular formula is C10H12N2. The third-order valence-corrected chi connectivity index (χ3v) is 2.42. The minimum Gasteiger partial charge on any atom is -0.362 e. The molecule has 0 saturated heterocycles. The molecule has 62 valence electrons. The summed E-state index contributed by atoms with van der Waals surface area (Å²) in [5.41, 5.74) is 2.39. The molecule has 2 heteroatoms. The molecule has 1 aromatic rings. The number of aromatic nitrogens is 1. The summed E-state index contributed by atoms with van der Waals surface area (Å²) >= 11 is 0. The Morgan fingerprint density at radius 3 is 3.00 bits per heavy atom. The van der Waals surface area contributed by atoms with E-state index in [9.17, 15) is 0 Å². The highest BCUT2D eigenvalue weighted by molar-refractivity contribution is 5.51. The molecule has 2 rings (SSSR count). The minimum absolute atomic E-state index is 0.343. The predicted octanol–water partition coefficient (Wildman–Crippen LogP) is 2.62. The SMILES string of the molecule is [C-]#[N+]c1ccn2c1CC(C)(C)C2. The highest BCUT2D eigenvalue weighted by Crippen LogP contribution is 2.36. The molecule has 2 heterocycles. The van der Waals surface area contributed by atoms with E-state index in [4.69, 9.17) is 6.57 Å². The maximum absolute atomic E-state index is 6.97. The topological polar surface area (TPSA) is 9.29 Å². The van der Waals surface area contributed by atoms with Crippen LogP contribution in [0.4, 0.5) is 5.69 Å². The summed E-state index contributed by atoms with van der Waals surface area (Å²) in [4.78, 5) is 3.50. The highest BCUT2D eigenvalue weighted by atomic mass is 15.0. The lowest BCUT2D eigenvalue weighted by atomic mass is 9.91. The van der Waals surface area contributed by atoms with Crippen molar-refractivity contribution >= 4 is 5.69 Å². The Morgan fingerprint density at radius 2 is 2.33 bits per heavy atom. The van der Waals surface area contributed by atoms with Gasteiger partial charge in [0.05, 0.1) is 6.57 Å². The van der Waals surface area contributed by atoms with Crippen molar-refractivity contribution in [1.82, 2.24) is 4.57 Å². The lowest BCUT2D eigenvalue weighted by Gasteiger charge is -2.14. The van der Waals surface area contributed by atoms with Crippen LogP contribution in [0, 0.1) is 12.0 Å². The van der Waals surface area contributed by atoms with Crippen LogP contribution in [0.1, 0.15) is 19.5 Å². The molecule has 0 unspecified atom stereocenters. The Kier molecular flexibility index (Phi) is 1.32. The number of hydrogen-bond donors (Lipinski definition) is 0. The number of rotatable bonds is 0. The summed E-state index contributed by atoms with van der Waals surface area (Å²) in [5, 5.41) is 0. The predicted molar refractivity (Wildman–Crippen MR) is 48.2 cm³/mol. The molecule has 0 bridgehead atoms. The fourth-order valence-electron chi connectivity index (χ4n) is 1.91. The van der Waals surface area contributed by atoms with Crippen LogP contribution in [0.2, 0.25) is 0 Å². The third-order valence-electron chi connectivity index (χ3n) is 2.42. The number of fused-ring (bicyclic) bond motifs is 1. The molecule has 1 aliphatic rings. The molecule has 12 heavy (non-hydrogen) atoms. The van der Waals surface area contributed by atoms with Crippen molar-refractivity contribution in [2.75, 3.05) is 0 Å². The molecule has 0 aliphatic carbocycles. The van der Waals surface area contributed by atoms with E-state index in [0.29, 0.717) is 5.41 Å². The van der Waals surface area contributed by atoms with Crippen molar-refractivity contribution in [3.05, 3.63) is 29.4 Å². The summed E-state index contributed by atoms with van der Waals surface area (Å²) in [6.07, 6.45) is 3.06. The first-order valence-electron chi connectivity index (χ1n) is 4.18. The smallest absolute Gasteiger partial charge is 0.207 e. The van der Waals surface area contributed by atoms with Crippen LogP contribution in [0.25, 0.3) is 4.85 Å². The van der Waals surface area contributed by atoms with Crippen LogP contribution in [0.3, 0.4) is 0 Å². The van der Waals surface area contributed by atoms with Gasteiger partial charge in [-0.05, 0) is 24.1 Å². The molecule has 0 radical (unpaired) electrons. The van der Waals surface area contributed by atoms with Crippen molar-refractivity contribution in [3.63, 3.8) is 0 Å². The fourth-order valence-corrected chi connectivity index (χ4v) is 1.91. The standard InChI is InChI=1S/C10H12N2/c1-10(2)6-9-8(11-3)4-5-12(9)7-10/h4-5H,6-7H2,1-2H3. The lowest BCUT2D eigenvalue weighted by molar-refractivity contribution is 0.359. The first-order chi connectivity index (χ1) is 5.62. The highest BCUT2D eigenvalue weighted by Gasteiger charge is 2.29. The van der Waals surface area contributed by atoms with E-state index in [1.165, 1.54) is 5.69 Å². The second-order valence-corrected chi connectivity index (χ2v) is 4.23. The first kappa shape index (κ1) is 7.42. The second-order valence-electron chi connectivity index (χ2n) is 4.23. The monoisotopic (exact) mass is 160 g/mol. The molecule has 1 aliphatic heterocycles. The molecule has 0 saturated carbocycles. The van der Waals surface area contributed by atoms with E-state index in [2.05, 4.69) is 23.3 Å². The van der Waals surface area contributed by atoms with Gasteiger partial charge >= 0.3 is 0 Å². The minimum atomic E-state index is 0.343. The number of nitrogens with zero attached hydrogens (tertiary/aromatic N) is 2.